The van der Waals surface area contributed by atoms with E-state index in [0.29, 0.717) is 6.04 Å². The van der Waals surface area contributed by atoms with Crippen LogP contribution >= 0.6 is 0 Å². The zero-order chi connectivity index (χ0) is 11.7. The number of hydrogen-bond acceptors (Lipinski definition) is 2. The third-order valence-corrected chi connectivity index (χ3v) is 4.16. The van der Waals surface area contributed by atoms with Crippen molar-refractivity contribution >= 4 is 0 Å². The van der Waals surface area contributed by atoms with Crippen LogP contribution in [0, 0.1) is 0 Å². The lowest BCUT2D eigenvalue weighted by Crippen LogP contribution is -2.42. The molecule has 2 heteroatoms. The maximum absolute atomic E-state index is 6.32. The van der Waals surface area contributed by atoms with E-state index in [-0.39, 0.29) is 5.60 Å². The van der Waals surface area contributed by atoms with E-state index in [1.165, 1.54) is 31.2 Å². The van der Waals surface area contributed by atoms with Crippen LogP contribution in [0.1, 0.15) is 50.6 Å². The Hall–Kier alpha value is -1.02. The largest absolute Gasteiger partial charge is 0.487 e. The fourth-order valence-corrected chi connectivity index (χ4v) is 3.37. The predicted molar refractivity (Wildman–Crippen MR) is 69.3 cm³/mol. The number of nitrogens with one attached hydrogen (secondary N) is 1. The molecule has 1 aliphatic carbocycles. The van der Waals surface area contributed by atoms with E-state index < -0.39 is 0 Å². The summed E-state index contributed by atoms with van der Waals surface area (Å²) in [5, 5.41) is 3.61. The topological polar surface area (TPSA) is 21.3 Å². The van der Waals surface area contributed by atoms with Crippen LogP contribution in [0.5, 0.6) is 5.75 Å². The SMILES string of the molecule is CCNC1CC2(CCCC2)Oc2ccccc21. The molecule has 1 spiro atoms. The molecule has 1 atom stereocenters. The molecule has 2 aliphatic rings. The van der Waals surface area contributed by atoms with E-state index >= 15 is 0 Å². The first-order valence-electron chi connectivity index (χ1n) is 6.84. The lowest BCUT2D eigenvalue weighted by Gasteiger charge is -2.40. The zero-order valence-corrected chi connectivity index (χ0v) is 10.5. The first kappa shape index (κ1) is 11.1. The number of hydrogen-bond donors (Lipinski definition) is 1. The minimum absolute atomic E-state index is 0.126. The summed E-state index contributed by atoms with van der Waals surface area (Å²) in [6.07, 6.45) is 6.23. The van der Waals surface area contributed by atoms with E-state index in [2.05, 4.69) is 36.5 Å². The van der Waals surface area contributed by atoms with E-state index in [0.717, 1.165) is 18.7 Å². The van der Waals surface area contributed by atoms with Crippen molar-refractivity contribution in [2.75, 3.05) is 6.54 Å². The first-order valence-corrected chi connectivity index (χ1v) is 6.84. The van der Waals surface area contributed by atoms with Gasteiger partial charge in [-0.3, -0.25) is 0 Å². The molecule has 1 fully saturated rings. The molecule has 1 aromatic carbocycles. The summed E-state index contributed by atoms with van der Waals surface area (Å²) in [6.45, 7) is 3.20. The monoisotopic (exact) mass is 231 g/mol. The van der Waals surface area contributed by atoms with E-state index in [1.807, 2.05) is 0 Å². The minimum Gasteiger partial charge on any atom is -0.487 e. The maximum Gasteiger partial charge on any atom is 0.124 e. The molecule has 17 heavy (non-hydrogen) atoms. The quantitative estimate of drug-likeness (QED) is 0.842. The van der Waals surface area contributed by atoms with Crippen molar-refractivity contribution in [3.63, 3.8) is 0 Å². The van der Waals surface area contributed by atoms with Gasteiger partial charge in [-0.2, -0.15) is 0 Å². The molecule has 1 saturated carbocycles. The highest BCUT2D eigenvalue weighted by Gasteiger charge is 2.42. The van der Waals surface area contributed by atoms with Crippen LogP contribution in [0.3, 0.4) is 0 Å². The van der Waals surface area contributed by atoms with Crippen molar-refractivity contribution < 1.29 is 4.74 Å². The van der Waals surface area contributed by atoms with Crippen molar-refractivity contribution in [2.24, 2.45) is 0 Å². The molecule has 2 nitrogen and oxygen atoms in total. The Morgan fingerprint density at radius 1 is 1.29 bits per heavy atom. The molecular formula is C15H21NO. The van der Waals surface area contributed by atoms with Gasteiger partial charge in [-0.05, 0) is 38.3 Å². The predicted octanol–water partition coefficient (Wildman–Crippen LogP) is 3.43. The average molecular weight is 231 g/mol. The van der Waals surface area contributed by atoms with Gasteiger partial charge in [0.25, 0.3) is 0 Å². The second-order valence-electron chi connectivity index (χ2n) is 5.34. The van der Waals surface area contributed by atoms with Crippen LogP contribution in [0.4, 0.5) is 0 Å². The molecule has 0 aromatic heterocycles. The standard InChI is InChI=1S/C15H21NO/c1-2-16-13-11-15(9-5-6-10-15)17-14-8-4-3-7-12(13)14/h3-4,7-8,13,16H,2,5-6,9-11H2,1H3. The highest BCUT2D eigenvalue weighted by Crippen LogP contribution is 2.46. The Morgan fingerprint density at radius 2 is 2.06 bits per heavy atom. The van der Waals surface area contributed by atoms with Crippen molar-refractivity contribution in [1.82, 2.24) is 5.32 Å². The third kappa shape index (κ3) is 1.95. The van der Waals surface area contributed by atoms with Crippen LogP contribution in [-0.2, 0) is 0 Å². The molecule has 0 radical (unpaired) electrons. The van der Waals surface area contributed by atoms with Gasteiger partial charge in [0.05, 0.1) is 0 Å². The molecule has 92 valence electrons. The second-order valence-corrected chi connectivity index (χ2v) is 5.34. The molecule has 1 unspecified atom stereocenters. The summed E-state index contributed by atoms with van der Waals surface area (Å²) in [6, 6.07) is 8.99. The van der Waals surface area contributed by atoms with Crippen LogP contribution < -0.4 is 10.1 Å². The van der Waals surface area contributed by atoms with Gasteiger partial charge < -0.3 is 10.1 Å². The number of benzene rings is 1. The molecule has 0 saturated heterocycles. The summed E-state index contributed by atoms with van der Waals surface area (Å²) in [7, 11) is 0. The van der Waals surface area contributed by atoms with Crippen LogP contribution in [0.15, 0.2) is 24.3 Å². The average Bonchev–Trinajstić information content (AvgIpc) is 2.77. The molecule has 0 bridgehead atoms. The summed E-state index contributed by atoms with van der Waals surface area (Å²) in [5.74, 6) is 1.10. The number of fused-ring (bicyclic) bond motifs is 1. The Bertz CT molecular complexity index is 396. The van der Waals surface area contributed by atoms with Crippen LogP contribution in [0.2, 0.25) is 0 Å². The Balaban J connectivity index is 1.94. The van der Waals surface area contributed by atoms with Gasteiger partial charge in [-0.15, -0.1) is 0 Å². The molecule has 3 rings (SSSR count). The maximum atomic E-state index is 6.32. The zero-order valence-electron chi connectivity index (χ0n) is 10.5. The van der Waals surface area contributed by atoms with Gasteiger partial charge in [0, 0.05) is 18.0 Å². The van der Waals surface area contributed by atoms with Crippen molar-refractivity contribution in [3.05, 3.63) is 29.8 Å². The number of para-hydroxylation sites is 1. The molecular weight excluding hydrogens is 210 g/mol. The summed E-state index contributed by atoms with van der Waals surface area (Å²) < 4.78 is 6.32. The molecule has 0 amide bonds. The van der Waals surface area contributed by atoms with E-state index in [4.69, 9.17) is 4.74 Å². The Kier molecular flexibility index (Phi) is 2.83. The highest BCUT2D eigenvalue weighted by molar-refractivity contribution is 5.39. The normalized spacial score (nSPS) is 25.6. The Labute approximate surface area is 103 Å². The highest BCUT2D eigenvalue weighted by atomic mass is 16.5. The summed E-state index contributed by atoms with van der Waals surface area (Å²) in [4.78, 5) is 0. The molecule has 1 N–H and O–H groups in total. The van der Waals surface area contributed by atoms with Crippen LogP contribution in [-0.4, -0.2) is 12.1 Å². The van der Waals surface area contributed by atoms with Crippen LogP contribution in [0.25, 0.3) is 0 Å². The van der Waals surface area contributed by atoms with E-state index in [1.54, 1.807) is 0 Å². The lowest BCUT2D eigenvalue weighted by atomic mass is 9.86. The molecule has 1 aliphatic heterocycles. The fourth-order valence-electron chi connectivity index (χ4n) is 3.37. The number of ether oxygens (including phenoxy) is 1. The lowest BCUT2D eigenvalue weighted by molar-refractivity contribution is 0.0371. The van der Waals surface area contributed by atoms with Gasteiger partial charge in [-0.1, -0.05) is 25.1 Å². The molecule has 1 aromatic rings. The van der Waals surface area contributed by atoms with E-state index in [9.17, 15) is 0 Å². The Morgan fingerprint density at radius 3 is 2.82 bits per heavy atom. The van der Waals surface area contributed by atoms with Crippen molar-refractivity contribution in [2.45, 2.75) is 50.7 Å². The van der Waals surface area contributed by atoms with Gasteiger partial charge in [0.2, 0.25) is 0 Å². The minimum atomic E-state index is 0.126. The fraction of sp³-hybridized carbons (Fsp3) is 0.600. The smallest absolute Gasteiger partial charge is 0.124 e. The van der Waals surface area contributed by atoms with Crippen molar-refractivity contribution in [1.29, 1.82) is 0 Å². The summed E-state index contributed by atoms with van der Waals surface area (Å²) in [5.41, 5.74) is 1.47. The first-order chi connectivity index (χ1) is 8.33. The van der Waals surface area contributed by atoms with Crippen molar-refractivity contribution in [3.8, 4) is 5.75 Å². The third-order valence-electron chi connectivity index (χ3n) is 4.16. The van der Waals surface area contributed by atoms with Gasteiger partial charge in [-0.25, -0.2) is 0 Å². The molecule has 1 heterocycles. The van der Waals surface area contributed by atoms with Gasteiger partial charge in [0.15, 0.2) is 0 Å². The van der Waals surface area contributed by atoms with Gasteiger partial charge in [0.1, 0.15) is 11.4 Å². The van der Waals surface area contributed by atoms with Gasteiger partial charge >= 0.3 is 0 Å². The summed E-state index contributed by atoms with van der Waals surface area (Å²) >= 11 is 0. The second kappa shape index (κ2) is 4.34. The number of rotatable bonds is 2.